The van der Waals surface area contributed by atoms with Gasteiger partial charge in [-0.2, -0.15) is 4.98 Å². The average Bonchev–Trinajstić information content (AvgIpc) is 3.05. The van der Waals surface area contributed by atoms with Gasteiger partial charge in [0, 0.05) is 13.0 Å². The molecule has 0 radical (unpaired) electrons. The first-order chi connectivity index (χ1) is 8.81. The van der Waals surface area contributed by atoms with Crippen LogP contribution in [0.1, 0.15) is 57.7 Å². The summed E-state index contributed by atoms with van der Waals surface area (Å²) in [4.78, 5) is 6.93. The highest BCUT2D eigenvalue weighted by atomic mass is 16.5. The van der Waals surface area contributed by atoms with Gasteiger partial charge < -0.3 is 4.52 Å². The number of hydrogen-bond donors (Lipinski definition) is 0. The van der Waals surface area contributed by atoms with E-state index in [4.69, 9.17) is 4.52 Å². The Morgan fingerprint density at radius 2 is 2.11 bits per heavy atom. The molecule has 1 aliphatic carbocycles. The van der Waals surface area contributed by atoms with Crippen LogP contribution in [0.4, 0.5) is 0 Å². The molecule has 1 saturated carbocycles. The first-order valence-electron chi connectivity index (χ1n) is 7.35. The lowest BCUT2D eigenvalue weighted by atomic mass is 10.2. The predicted molar refractivity (Wildman–Crippen MR) is 71.2 cm³/mol. The fourth-order valence-electron chi connectivity index (χ4n) is 2.20. The molecule has 0 aliphatic heterocycles. The molecule has 1 fully saturated rings. The third-order valence-corrected chi connectivity index (χ3v) is 3.38. The zero-order valence-electron chi connectivity index (χ0n) is 11.7. The fraction of sp³-hybridized carbons (Fsp3) is 0.857. The molecule has 0 bridgehead atoms. The van der Waals surface area contributed by atoms with E-state index in [2.05, 4.69) is 28.9 Å². The molecule has 0 atom stereocenters. The Bertz CT molecular complexity index is 347. The maximum Gasteiger partial charge on any atom is 0.240 e. The third kappa shape index (κ3) is 4.41. The molecular formula is C14H25N3O. The van der Waals surface area contributed by atoms with E-state index in [-0.39, 0.29) is 0 Å². The number of aryl methyl sites for hydroxylation is 1. The van der Waals surface area contributed by atoms with Gasteiger partial charge in [0.2, 0.25) is 5.89 Å². The monoisotopic (exact) mass is 251 g/mol. The zero-order chi connectivity index (χ0) is 12.8. The molecule has 18 heavy (non-hydrogen) atoms. The Morgan fingerprint density at radius 3 is 2.78 bits per heavy atom. The molecule has 0 spiro atoms. The highest BCUT2D eigenvalue weighted by Gasteiger charge is 2.24. The fourth-order valence-corrected chi connectivity index (χ4v) is 2.20. The highest BCUT2D eigenvalue weighted by molar-refractivity contribution is 4.87. The minimum atomic E-state index is 0.787. The van der Waals surface area contributed by atoms with Crippen molar-refractivity contribution >= 4 is 0 Å². The summed E-state index contributed by atoms with van der Waals surface area (Å²) in [6.45, 7) is 7.55. The van der Waals surface area contributed by atoms with Crippen molar-refractivity contribution in [2.24, 2.45) is 5.92 Å². The third-order valence-electron chi connectivity index (χ3n) is 3.38. The molecule has 0 unspecified atom stereocenters. The minimum absolute atomic E-state index is 0.787. The normalized spacial score (nSPS) is 15.5. The molecule has 102 valence electrons. The quantitative estimate of drug-likeness (QED) is 0.676. The van der Waals surface area contributed by atoms with Crippen LogP contribution in [-0.2, 0) is 13.0 Å². The summed E-state index contributed by atoms with van der Waals surface area (Å²) in [5.41, 5.74) is 0. The summed E-state index contributed by atoms with van der Waals surface area (Å²) in [6, 6.07) is 0. The largest absolute Gasteiger partial charge is 0.338 e. The predicted octanol–water partition coefficient (Wildman–Crippen LogP) is 3.03. The van der Waals surface area contributed by atoms with Crippen molar-refractivity contribution in [3.63, 3.8) is 0 Å². The Balaban J connectivity index is 1.82. The SMILES string of the molecule is CCCCc1noc(CN(CCC)CC2CC2)n1. The van der Waals surface area contributed by atoms with Crippen molar-refractivity contribution in [2.45, 2.75) is 58.9 Å². The van der Waals surface area contributed by atoms with Gasteiger partial charge in [-0.3, -0.25) is 4.90 Å². The van der Waals surface area contributed by atoms with Gasteiger partial charge in [0.25, 0.3) is 0 Å². The molecule has 1 aliphatic rings. The van der Waals surface area contributed by atoms with Crippen molar-refractivity contribution in [2.75, 3.05) is 13.1 Å². The van der Waals surface area contributed by atoms with Gasteiger partial charge in [-0.05, 0) is 38.1 Å². The second-order valence-corrected chi connectivity index (χ2v) is 5.39. The summed E-state index contributed by atoms with van der Waals surface area (Å²) in [6.07, 6.45) is 7.23. The standard InChI is InChI=1S/C14H25N3O/c1-3-5-6-13-15-14(18-16-13)11-17(9-4-2)10-12-7-8-12/h12H,3-11H2,1-2H3. The van der Waals surface area contributed by atoms with E-state index in [1.165, 1.54) is 32.2 Å². The Hall–Kier alpha value is -0.900. The maximum absolute atomic E-state index is 5.34. The van der Waals surface area contributed by atoms with Crippen molar-refractivity contribution in [1.82, 2.24) is 15.0 Å². The zero-order valence-corrected chi connectivity index (χ0v) is 11.7. The van der Waals surface area contributed by atoms with Crippen LogP contribution in [-0.4, -0.2) is 28.1 Å². The molecule has 0 amide bonds. The minimum Gasteiger partial charge on any atom is -0.338 e. The van der Waals surface area contributed by atoms with E-state index < -0.39 is 0 Å². The van der Waals surface area contributed by atoms with Crippen LogP contribution in [0, 0.1) is 5.92 Å². The van der Waals surface area contributed by atoms with Crippen molar-refractivity contribution in [3.05, 3.63) is 11.7 Å². The Labute approximate surface area is 110 Å². The van der Waals surface area contributed by atoms with Crippen LogP contribution < -0.4 is 0 Å². The van der Waals surface area contributed by atoms with E-state index in [9.17, 15) is 0 Å². The summed E-state index contributed by atoms with van der Waals surface area (Å²) in [7, 11) is 0. The second-order valence-electron chi connectivity index (χ2n) is 5.39. The summed E-state index contributed by atoms with van der Waals surface area (Å²) in [5, 5.41) is 4.05. The first-order valence-corrected chi connectivity index (χ1v) is 7.35. The topological polar surface area (TPSA) is 42.2 Å². The molecule has 0 saturated heterocycles. The lowest BCUT2D eigenvalue weighted by Gasteiger charge is -2.18. The van der Waals surface area contributed by atoms with E-state index in [1.54, 1.807) is 0 Å². The highest BCUT2D eigenvalue weighted by Crippen LogP contribution is 2.30. The van der Waals surface area contributed by atoms with Crippen molar-refractivity contribution in [3.8, 4) is 0 Å². The van der Waals surface area contributed by atoms with Gasteiger partial charge in [-0.1, -0.05) is 25.4 Å². The maximum atomic E-state index is 5.34. The number of unbranched alkanes of at least 4 members (excludes halogenated alkanes) is 1. The Morgan fingerprint density at radius 1 is 1.28 bits per heavy atom. The Kier molecular flexibility index (Phi) is 5.17. The summed E-state index contributed by atoms with van der Waals surface area (Å²) < 4.78 is 5.34. The van der Waals surface area contributed by atoms with E-state index >= 15 is 0 Å². The van der Waals surface area contributed by atoms with Gasteiger partial charge >= 0.3 is 0 Å². The second kappa shape index (κ2) is 6.88. The van der Waals surface area contributed by atoms with E-state index in [1.807, 2.05) is 0 Å². The van der Waals surface area contributed by atoms with Gasteiger partial charge in [0.15, 0.2) is 5.82 Å². The van der Waals surface area contributed by atoms with Crippen LogP contribution in [0.15, 0.2) is 4.52 Å². The molecular weight excluding hydrogens is 226 g/mol. The molecule has 2 rings (SSSR count). The number of hydrogen-bond acceptors (Lipinski definition) is 4. The van der Waals surface area contributed by atoms with Gasteiger partial charge in [-0.15, -0.1) is 0 Å². The smallest absolute Gasteiger partial charge is 0.240 e. The summed E-state index contributed by atoms with van der Waals surface area (Å²) >= 11 is 0. The van der Waals surface area contributed by atoms with Crippen LogP contribution >= 0.6 is 0 Å². The molecule has 1 aromatic heterocycles. The van der Waals surface area contributed by atoms with Crippen LogP contribution in [0.3, 0.4) is 0 Å². The average molecular weight is 251 g/mol. The molecule has 4 nitrogen and oxygen atoms in total. The van der Waals surface area contributed by atoms with E-state index in [0.29, 0.717) is 0 Å². The van der Waals surface area contributed by atoms with E-state index in [0.717, 1.165) is 43.6 Å². The van der Waals surface area contributed by atoms with Crippen LogP contribution in [0.2, 0.25) is 0 Å². The van der Waals surface area contributed by atoms with Gasteiger partial charge in [0.1, 0.15) is 0 Å². The van der Waals surface area contributed by atoms with Crippen molar-refractivity contribution in [1.29, 1.82) is 0 Å². The molecule has 0 aromatic carbocycles. The molecule has 1 aromatic rings. The van der Waals surface area contributed by atoms with Gasteiger partial charge in [-0.25, -0.2) is 0 Å². The number of nitrogens with zero attached hydrogens (tertiary/aromatic N) is 3. The first kappa shape index (κ1) is 13.5. The number of rotatable bonds is 9. The van der Waals surface area contributed by atoms with Crippen LogP contribution in [0.25, 0.3) is 0 Å². The van der Waals surface area contributed by atoms with Crippen LogP contribution in [0.5, 0.6) is 0 Å². The molecule has 1 heterocycles. The lowest BCUT2D eigenvalue weighted by Crippen LogP contribution is -2.26. The summed E-state index contributed by atoms with van der Waals surface area (Å²) in [5.74, 6) is 2.57. The van der Waals surface area contributed by atoms with Crippen molar-refractivity contribution < 1.29 is 4.52 Å². The molecule has 0 N–H and O–H groups in total. The number of aromatic nitrogens is 2. The molecule has 4 heteroatoms. The van der Waals surface area contributed by atoms with Gasteiger partial charge in [0.05, 0.1) is 6.54 Å². The lowest BCUT2D eigenvalue weighted by molar-refractivity contribution is 0.218.